The predicted octanol–water partition coefficient (Wildman–Crippen LogP) is 0.378. The summed E-state index contributed by atoms with van der Waals surface area (Å²) in [6, 6.07) is -0.194. The van der Waals surface area contributed by atoms with E-state index in [1.54, 1.807) is 18.5 Å². The monoisotopic (exact) mass is 348 g/mol. The van der Waals surface area contributed by atoms with Gasteiger partial charge in [0.15, 0.2) is 5.82 Å². The maximum atomic E-state index is 12.5. The van der Waals surface area contributed by atoms with Crippen LogP contribution in [0, 0.1) is 17.8 Å². The fraction of sp³-hybridized carbons (Fsp3) is 0.533. The van der Waals surface area contributed by atoms with Crippen molar-refractivity contribution >= 4 is 30.7 Å². The SMILES string of the molecule is Cl.O=C1C2C=CC=NC2C=NN1Cc1nc(C2C3CNCC32)no1. The first-order valence-corrected chi connectivity index (χ1v) is 7.90. The van der Waals surface area contributed by atoms with E-state index in [-0.39, 0.29) is 36.8 Å². The van der Waals surface area contributed by atoms with Gasteiger partial charge in [-0.15, -0.1) is 12.4 Å². The Bertz CT molecular complexity index is 734. The number of rotatable bonds is 3. The summed E-state index contributed by atoms with van der Waals surface area (Å²) < 4.78 is 5.32. The number of carbonyl (C=O) groups excluding carboxylic acids is 1. The average Bonchev–Trinajstić information content (AvgIpc) is 2.96. The normalized spacial score (nSPS) is 35.6. The van der Waals surface area contributed by atoms with E-state index in [0.29, 0.717) is 23.6 Å². The van der Waals surface area contributed by atoms with E-state index in [2.05, 4.69) is 25.6 Å². The Morgan fingerprint density at radius 3 is 3.00 bits per heavy atom. The summed E-state index contributed by atoms with van der Waals surface area (Å²) in [5, 5.41) is 13.0. The van der Waals surface area contributed by atoms with Crippen LogP contribution in [0.15, 0.2) is 26.8 Å². The summed E-state index contributed by atoms with van der Waals surface area (Å²) in [4.78, 5) is 21.2. The van der Waals surface area contributed by atoms with Gasteiger partial charge in [0.1, 0.15) is 12.6 Å². The third-order valence-electron chi connectivity index (χ3n) is 5.09. The van der Waals surface area contributed by atoms with E-state index < -0.39 is 0 Å². The first kappa shape index (κ1) is 15.5. The Balaban J connectivity index is 0.00000146. The summed E-state index contributed by atoms with van der Waals surface area (Å²) >= 11 is 0. The van der Waals surface area contributed by atoms with Crippen molar-refractivity contribution in [3.8, 4) is 0 Å². The van der Waals surface area contributed by atoms with Gasteiger partial charge in [0.25, 0.3) is 5.91 Å². The Morgan fingerprint density at radius 2 is 2.17 bits per heavy atom. The lowest BCUT2D eigenvalue weighted by Gasteiger charge is -2.28. The van der Waals surface area contributed by atoms with Crippen molar-refractivity contribution in [1.29, 1.82) is 0 Å². The topological polar surface area (TPSA) is 96.0 Å². The lowest BCUT2D eigenvalue weighted by molar-refractivity contribution is -0.135. The summed E-state index contributed by atoms with van der Waals surface area (Å²) in [6.07, 6.45) is 7.04. The molecule has 0 bridgehead atoms. The van der Waals surface area contributed by atoms with Crippen molar-refractivity contribution in [2.24, 2.45) is 27.8 Å². The van der Waals surface area contributed by atoms with Crippen molar-refractivity contribution in [2.75, 3.05) is 13.1 Å². The smallest absolute Gasteiger partial charge is 0.252 e. The van der Waals surface area contributed by atoms with E-state index in [1.807, 2.05) is 6.08 Å². The number of hydrazone groups is 1. The number of hydrogen-bond acceptors (Lipinski definition) is 7. The first-order valence-electron chi connectivity index (χ1n) is 7.90. The van der Waals surface area contributed by atoms with Crippen LogP contribution in [-0.4, -0.2) is 52.6 Å². The lowest BCUT2D eigenvalue weighted by Crippen LogP contribution is -2.42. The lowest BCUT2D eigenvalue weighted by atomic mass is 9.96. The predicted molar refractivity (Wildman–Crippen MR) is 88.1 cm³/mol. The molecule has 0 spiro atoms. The molecule has 1 amide bonds. The number of nitrogens with one attached hydrogen (secondary N) is 1. The zero-order valence-corrected chi connectivity index (χ0v) is 13.6. The van der Waals surface area contributed by atoms with Gasteiger partial charge in [0, 0.05) is 12.1 Å². The van der Waals surface area contributed by atoms with Crippen LogP contribution in [0.1, 0.15) is 17.6 Å². The highest BCUT2D eigenvalue weighted by molar-refractivity contribution is 5.92. The molecule has 1 aromatic rings. The summed E-state index contributed by atoms with van der Waals surface area (Å²) in [6.45, 7) is 2.28. The molecular weight excluding hydrogens is 332 g/mol. The molecule has 1 saturated carbocycles. The highest BCUT2D eigenvalue weighted by atomic mass is 35.5. The Morgan fingerprint density at radius 1 is 1.33 bits per heavy atom. The largest absolute Gasteiger partial charge is 0.337 e. The quantitative estimate of drug-likeness (QED) is 0.851. The molecule has 126 valence electrons. The van der Waals surface area contributed by atoms with Gasteiger partial charge in [-0.2, -0.15) is 10.1 Å². The molecule has 4 aliphatic rings. The molecule has 9 heteroatoms. The number of piperidine rings is 1. The third-order valence-corrected chi connectivity index (χ3v) is 5.09. The summed E-state index contributed by atoms with van der Waals surface area (Å²) in [5.41, 5.74) is 0. The van der Waals surface area contributed by atoms with Gasteiger partial charge in [-0.25, -0.2) is 5.01 Å². The molecule has 3 aliphatic heterocycles. The number of aliphatic imine (C=N–C) groups is 1. The first-order chi connectivity index (χ1) is 11.3. The minimum absolute atomic E-state index is 0. The molecule has 0 aromatic carbocycles. The second-order valence-corrected chi connectivity index (χ2v) is 6.42. The van der Waals surface area contributed by atoms with Gasteiger partial charge in [-0.3, -0.25) is 9.79 Å². The van der Waals surface area contributed by atoms with Crippen molar-refractivity contribution in [3.63, 3.8) is 0 Å². The van der Waals surface area contributed by atoms with Crippen LogP contribution in [0.2, 0.25) is 0 Å². The van der Waals surface area contributed by atoms with Crippen LogP contribution in [0.3, 0.4) is 0 Å². The van der Waals surface area contributed by atoms with Gasteiger partial charge >= 0.3 is 0 Å². The van der Waals surface area contributed by atoms with E-state index >= 15 is 0 Å². The number of fused-ring (bicyclic) bond motifs is 2. The molecule has 4 unspecified atom stereocenters. The summed E-state index contributed by atoms with van der Waals surface area (Å²) in [5.74, 6) is 2.53. The second kappa shape index (κ2) is 5.78. The number of dihydropyridines is 1. The van der Waals surface area contributed by atoms with Gasteiger partial charge in [-0.1, -0.05) is 11.2 Å². The molecule has 2 fully saturated rings. The molecule has 1 N–H and O–H groups in total. The Hall–Kier alpha value is -2.06. The number of halogens is 1. The van der Waals surface area contributed by atoms with Crippen molar-refractivity contribution in [3.05, 3.63) is 23.9 Å². The van der Waals surface area contributed by atoms with E-state index in [4.69, 9.17) is 4.52 Å². The van der Waals surface area contributed by atoms with Gasteiger partial charge in [0.05, 0.1) is 12.1 Å². The highest BCUT2D eigenvalue weighted by Gasteiger charge is 2.56. The fourth-order valence-corrected chi connectivity index (χ4v) is 3.78. The molecule has 24 heavy (non-hydrogen) atoms. The number of amides is 1. The number of nitrogens with zero attached hydrogens (tertiary/aromatic N) is 5. The minimum Gasteiger partial charge on any atom is -0.337 e. The molecule has 1 aliphatic carbocycles. The van der Waals surface area contributed by atoms with E-state index in [0.717, 1.165) is 18.9 Å². The molecule has 1 aromatic heterocycles. The number of aromatic nitrogens is 2. The minimum atomic E-state index is -0.284. The Kier molecular flexibility index (Phi) is 3.73. The van der Waals surface area contributed by atoms with Crippen LogP contribution in [-0.2, 0) is 11.3 Å². The summed E-state index contributed by atoms with van der Waals surface area (Å²) in [7, 11) is 0. The van der Waals surface area contributed by atoms with Crippen molar-refractivity contribution in [2.45, 2.75) is 18.5 Å². The fourth-order valence-electron chi connectivity index (χ4n) is 3.78. The maximum Gasteiger partial charge on any atom is 0.252 e. The molecular formula is C15H17ClN6O2. The zero-order chi connectivity index (χ0) is 15.4. The molecule has 4 atom stereocenters. The zero-order valence-electron chi connectivity index (χ0n) is 12.8. The van der Waals surface area contributed by atoms with Crippen molar-refractivity contribution < 1.29 is 9.32 Å². The van der Waals surface area contributed by atoms with Gasteiger partial charge < -0.3 is 9.84 Å². The molecule has 1 saturated heterocycles. The van der Waals surface area contributed by atoms with Crippen LogP contribution < -0.4 is 5.32 Å². The van der Waals surface area contributed by atoms with E-state index in [1.165, 1.54) is 5.01 Å². The van der Waals surface area contributed by atoms with Crippen LogP contribution >= 0.6 is 12.4 Å². The van der Waals surface area contributed by atoms with Crippen LogP contribution in [0.4, 0.5) is 0 Å². The van der Waals surface area contributed by atoms with Crippen molar-refractivity contribution in [1.82, 2.24) is 20.5 Å². The number of carbonyl (C=O) groups is 1. The van der Waals surface area contributed by atoms with Crippen LogP contribution in [0.25, 0.3) is 0 Å². The Labute approximate surface area is 144 Å². The number of allylic oxidation sites excluding steroid dienone is 1. The molecule has 4 heterocycles. The second-order valence-electron chi connectivity index (χ2n) is 6.42. The van der Waals surface area contributed by atoms with Gasteiger partial charge in [-0.05, 0) is 31.0 Å². The number of hydrogen-bond donors (Lipinski definition) is 1. The third kappa shape index (κ3) is 2.37. The molecule has 8 nitrogen and oxygen atoms in total. The molecule has 5 rings (SSSR count). The van der Waals surface area contributed by atoms with Crippen LogP contribution in [0.5, 0.6) is 0 Å². The maximum absolute atomic E-state index is 12.5. The standard InChI is InChI=1S/C15H16N6O2.ClH/c22-15-8-2-1-3-17-11(8)6-18-21(15)7-12-19-14(20-23-12)13-9-4-16-5-10(9)13;/h1-3,6,8-11,13,16H,4-5,7H2;1H. The average molecular weight is 349 g/mol. The highest BCUT2D eigenvalue weighted by Crippen LogP contribution is 2.54. The van der Waals surface area contributed by atoms with Gasteiger partial charge in [0.2, 0.25) is 5.89 Å². The molecule has 0 radical (unpaired) electrons. The van der Waals surface area contributed by atoms with E-state index in [9.17, 15) is 4.79 Å².